The van der Waals surface area contributed by atoms with Gasteiger partial charge < -0.3 is 10.1 Å². The third-order valence-corrected chi connectivity index (χ3v) is 5.31. The molecule has 0 spiro atoms. The molecular formula is C18H18ClN3O3S. The van der Waals surface area contributed by atoms with Crippen LogP contribution in [0.5, 0.6) is 5.75 Å². The fraction of sp³-hybridized carbons (Fsp3) is 0.278. The van der Waals surface area contributed by atoms with Gasteiger partial charge in [0.05, 0.1) is 24.7 Å². The first-order valence-electron chi connectivity index (χ1n) is 7.98. The Hall–Kier alpha value is -2.38. The number of rotatable bonds is 4. The van der Waals surface area contributed by atoms with Crippen LogP contribution in [0, 0.1) is 6.92 Å². The zero-order chi connectivity index (χ0) is 19.0. The number of nitrogens with zero attached hydrogens (tertiary/aromatic N) is 2. The van der Waals surface area contributed by atoms with Crippen LogP contribution in [-0.2, 0) is 0 Å². The highest BCUT2D eigenvalue weighted by atomic mass is 35.5. The first kappa shape index (κ1) is 18.4. The highest BCUT2D eigenvalue weighted by molar-refractivity contribution is 7.19. The Balaban J connectivity index is 2.07. The monoisotopic (exact) mass is 391 g/mol. The molecule has 1 N–H and O–H groups in total. The number of hydrogen-bond acceptors (Lipinski definition) is 5. The summed E-state index contributed by atoms with van der Waals surface area (Å²) in [6.07, 6.45) is 1.48. The zero-order valence-electron chi connectivity index (χ0n) is 14.8. The molecule has 1 aromatic carbocycles. The molecule has 0 radical (unpaired) electrons. The largest absolute Gasteiger partial charge is 0.495 e. The van der Waals surface area contributed by atoms with Crippen LogP contribution in [0.1, 0.15) is 35.1 Å². The summed E-state index contributed by atoms with van der Waals surface area (Å²) in [5, 5.41) is 3.28. The Labute approximate surface area is 159 Å². The molecule has 8 heteroatoms. The molecule has 0 saturated carbocycles. The van der Waals surface area contributed by atoms with Crippen LogP contribution >= 0.6 is 22.9 Å². The van der Waals surface area contributed by atoms with Crippen LogP contribution in [0.15, 0.2) is 29.3 Å². The number of benzene rings is 1. The summed E-state index contributed by atoms with van der Waals surface area (Å²) in [5.74, 6) is 0.138. The van der Waals surface area contributed by atoms with E-state index < -0.39 is 0 Å². The molecule has 1 amide bonds. The number of ether oxygens (including phenoxy) is 1. The van der Waals surface area contributed by atoms with Crippen molar-refractivity contribution in [2.75, 3.05) is 12.4 Å². The van der Waals surface area contributed by atoms with E-state index in [1.807, 2.05) is 13.8 Å². The molecule has 136 valence electrons. The van der Waals surface area contributed by atoms with Crippen molar-refractivity contribution in [3.05, 3.63) is 50.3 Å². The summed E-state index contributed by atoms with van der Waals surface area (Å²) in [6, 6.07) is 4.96. The van der Waals surface area contributed by atoms with Crippen molar-refractivity contribution >= 4 is 44.7 Å². The van der Waals surface area contributed by atoms with E-state index in [2.05, 4.69) is 10.3 Å². The summed E-state index contributed by atoms with van der Waals surface area (Å²) in [6.45, 7) is 5.62. The lowest BCUT2D eigenvalue weighted by molar-refractivity contribution is 0.102. The van der Waals surface area contributed by atoms with Gasteiger partial charge >= 0.3 is 0 Å². The predicted octanol–water partition coefficient (Wildman–Crippen LogP) is 4.26. The number of thiophene rings is 1. The molecule has 0 atom stereocenters. The van der Waals surface area contributed by atoms with Gasteiger partial charge in [-0.3, -0.25) is 14.2 Å². The van der Waals surface area contributed by atoms with E-state index in [1.54, 1.807) is 29.7 Å². The number of hydrogen-bond donors (Lipinski definition) is 1. The lowest BCUT2D eigenvalue weighted by Crippen LogP contribution is -2.22. The standard InChI is InChI=1S/C18H18ClN3O3S/c1-9(2)22-8-20-15-14(10(3)26-16(15)18(22)24)17(23)21-12-7-11(19)5-6-13(12)25-4/h5-9H,1-4H3,(H,21,23). The Morgan fingerprint density at radius 1 is 1.38 bits per heavy atom. The normalized spacial score (nSPS) is 11.2. The topological polar surface area (TPSA) is 73.2 Å². The van der Waals surface area contributed by atoms with Crippen LogP contribution in [0.4, 0.5) is 5.69 Å². The minimum atomic E-state index is -0.358. The van der Waals surface area contributed by atoms with E-state index in [0.717, 1.165) is 4.88 Å². The maximum absolute atomic E-state index is 12.9. The molecule has 3 rings (SSSR count). The first-order chi connectivity index (χ1) is 12.3. The smallest absolute Gasteiger partial charge is 0.271 e. The molecule has 2 heterocycles. The third-order valence-electron chi connectivity index (χ3n) is 3.99. The van der Waals surface area contributed by atoms with Gasteiger partial charge in [-0.05, 0) is 39.0 Å². The Kier molecular flexibility index (Phi) is 5.02. The van der Waals surface area contributed by atoms with Gasteiger partial charge in [-0.25, -0.2) is 4.98 Å². The molecule has 0 unspecified atom stereocenters. The average molecular weight is 392 g/mol. The first-order valence-corrected chi connectivity index (χ1v) is 9.18. The number of aryl methyl sites for hydroxylation is 1. The van der Waals surface area contributed by atoms with Gasteiger partial charge in [0.15, 0.2) is 0 Å². The predicted molar refractivity (Wildman–Crippen MR) is 105 cm³/mol. The van der Waals surface area contributed by atoms with E-state index in [1.165, 1.54) is 24.8 Å². The molecule has 0 fully saturated rings. The molecule has 0 aliphatic carbocycles. The SMILES string of the molecule is COc1ccc(Cl)cc1NC(=O)c1c(C)sc2c(=O)n(C(C)C)cnc12. The molecule has 0 bridgehead atoms. The van der Waals surface area contributed by atoms with Gasteiger partial charge in [0, 0.05) is 15.9 Å². The number of fused-ring (bicyclic) bond motifs is 1. The van der Waals surface area contributed by atoms with Crippen molar-refractivity contribution in [1.82, 2.24) is 9.55 Å². The highest BCUT2D eigenvalue weighted by Crippen LogP contribution is 2.31. The van der Waals surface area contributed by atoms with Crippen LogP contribution in [0.25, 0.3) is 10.2 Å². The lowest BCUT2D eigenvalue weighted by atomic mass is 10.2. The maximum Gasteiger partial charge on any atom is 0.271 e. The van der Waals surface area contributed by atoms with E-state index in [4.69, 9.17) is 16.3 Å². The number of amides is 1. The number of halogens is 1. The third kappa shape index (κ3) is 3.20. The molecular weight excluding hydrogens is 374 g/mol. The van der Waals surface area contributed by atoms with Crippen LogP contribution in [0.2, 0.25) is 5.02 Å². The molecule has 0 aliphatic heterocycles. The zero-order valence-corrected chi connectivity index (χ0v) is 16.4. The summed E-state index contributed by atoms with van der Waals surface area (Å²) in [7, 11) is 1.51. The van der Waals surface area contributed by atoms with Crippen molar-refractivity contribution in [2.24, 2.45) is 0 Å². The summed E-state index contributed by atoms with van der Waals surface area (Å²) in [5.41, 5.74) is 1.12. The van der Waals surface area contributed by atoms with Crippen LogP contribution in [0.3, 0.4) is 0 Å². The van der Waals surface area contributed by atoms with E-state index in [9.17, 15) is 9.59 Å². The van der Waals surface area contributed by atoms with Crippen molar-refractivity contribution in [2.45, 2.75) is 26.8 Å². The highest BCUT2D eigenvalue weighted by Gasteiger charge is 2.22. The van der Waals surface area contributed by atoms with Crippen LogP contribution < -0.4 is 15.6 Å². The van der Waals surface area contributed by atoms with Gasteiger partial charge in [-0.15, -0.1) is 11.3 Å². The minimum Gasteiger partial charge on any atom is -0.495 e. The fourth-order valence-corrected chi connectivity index (χ4v) is 3.90. The van der Waals surface area contributed by atoms with Gasteiger partial charge in [-0.2, -0.15) is 0 Å². The van der Waals surface area contributed by atoms with Crippen molar-refractivity contribution < 1.29 is 9.53 Å². The maximum atomic E-state index is 12.9. The minimum absolute atomic E-state index is 0.00481. The van der Waals surface area contributed by atoms with E-state index in [-0.39, 0.29) is 17.5 Å². The number of carbonyl (C=O) groups is 1. The van der Waals surface area contributed by atoms with Gasteiger partial charge in [0.1, 0.15) is 16.0 Å². The van der Waals surface area contributed by atoms with E-state index in [0.29, 0.717) is 32.2 Å². The Bertz CT molecular complexity index is 1060. The molecule has 2 aromatic heterocycles. The number of aromatic nitrogens is 2. The summed E-state index contributed by atoms with van der Waals surface area (Å²) in [4.78, 5) is 30.6. The second-order valence-corrected chi connectivity index (χ2v) is 7.72. The van der Waals surface area contributed by atoms with Crippen molar-refractivity contribution in [3.63, 3.8) is 0 Å². The Morgan fingerprint density at radius 2 is 2.12 bits per heavy atom. The fourth-order valence-electron chi connectivity index (χ4n) is 2.69. The van der Waals surface area contributed by atoms with Gasteiger partial charge in [0.2, 0.25) is 0 Å². The average Bonchev–Trinajstić information content (AvgIpc) is 2.92. The van der Waals surface area contributed by atoms with Crippen molar-refractivity contribution in [1.29, 1.82) is 0 Å². The summed E-state index contributed by atoms with van der Waals surface area (Å²) < 4.78 is 7.29. The molecule has 26 heavy (non-hydrogen) atoms. The summed E-state index contributed by atoms with van der Waals surface area (Å²) >= 11 is 7.29. The molecule has 3 aromatic rings. The second kappa shape index (κ2) is 7.09. The number of nitrogens with one attached hydrogen (secondary N) is 1. The number of methoxy groups -OCH3 is 1. The van der Waals surface area contributed by atoms with Gasteiger partial charge in [0.25, 0.3) is 11.5 Å². The second-order valence-electron chi connectivity index (χ2n) is 6.06. The number of carbonyl (C=O) groups excluding carboxylic acids is 1. The quantitative estimate of drug-likeness (QED) is 0.721. The van der Waals surface area contributed by atoms with E-state index >= 15 is 0 Å². The van der Waals surface area contributed by atoms with Gasteiger partial charge in [-0.1, -0.05) is 11.6 Å². The van der Waals surface area contributed by atoms with Crippen LogP contribution in [-0.4, -0.2) is 22.6 Å². The van der Waals surface area contributed by atoms with Crippen molar-refractivity contribution in [3.8, 4) is 5.75 Å². The molecule has 0 saturated heterocycles. The lowest BCUT2D eigenvalue weighted by Gasteiger charge is -2.11. The molecule has 6 nitrogen and oxygen atoms in total. The number of anilines is 1. The molecule has 0 aliphatic rings. The Morgan fingerprint density at radius 3 is 2.77 bits per heavy atom.